The van der Waals surface area contributed by atoms with Crippen LogP contribution < -0.4 is 24.3 Å². The number of benzene rings is 3. The summed E-state index contributed by atoms with van der Waals surface area (Å²) in [5.41, 5.74) is 3.22. The van der Waals surface area contributed by atoms with Crippen LogP contribution in [0.5, 0.6) is 23.0 Å². The summed E-state index contributed by atoms with van der Waals surface area (Å²) in [7, 11) is 0. The van der Waals surface area contributed by atoms with Crippen LogP contribution in [0.1, 0.15) is 56.2 Å². The van der Waals surface area contributed by atoms with E-state index in [9.17, 15) is 4.79 Å². The minimum Gasteiger partial charge on any atom is -0.490 e. The largest absolute Gasteiger partial charge is 0.490 e. The van der Waals surface area contributed by atoms with Crippen LogP contribution in [-0.2, 0) is 18.8 Å². The predicted molar refractivity (Wildman–Crippen MR) is 156 cm³/mol. The van der Waals surface area contributed by atoms with Gasteiger partial charge in [-0.2, -0.15) is 5.10 Å². The minimum absolute atomic E-state index is 0.0847. The van der Waals surface area contributed by atoms with Gasteiger partial charge in [-0.15, -0.1) is 0 Å². The molecule has 1 amide bonds. The third-order valence-corrected chi connectivity index (χ3v) is 6.08. The van der Waals surface area contributed by atoms with Crippen molar-refractivity contribution in [1.82, 2.24) is 9.78 Å². The first-order valence-corrected chi connectivity index (χ1v) is 13.4. The number of rotatable bonds is 12. The van der Waals surface area contributed by atoms with Gasteiger partial charge in [0, 0.05) is 11.9 Å². The molecule has 0 aliphatic heterocycles. The van der Waals surface area contributed by atoms with E-state index in [-0.39, 0.29) is 18.1 Å². The van der Waals surface area contributed by atoms with Crippen molar-refractivity contribution in [3.05, 3.63) is 95.8 Å². The van der Waals surface area contributed by atoms with Gasteiger partial charge in [-0.25, -0.2) is 4.68 Å². The number of anilines is 1. The Morgan fingerprint density at radius 3 is 2.12 bits per heavy atom. The molecule has 1 aromatic heterocycles. The Morgan fingerprint density at radius 2 is 1.45 bits per heavy atom. The van der Waals surface area contributed by atoms with Gasteiger partial charge in [0.25, 0.3) is 5.91 Å². The maximum atomic E-state index is 12.7. The van der Waals surface area contributed by atoms with Crippen LogP contribution in [0, 0.1) is 0 Å². The average molecular weight is 544 g/mol. The highest BCUT2D eigenvalue weighted by molar-refractivity contribution is 6.02. The van der Waals surface area contributed by atoms with E-state index in [1.807, 2.05) is 56.3 Å². The summed E-state index contributed by atoms with van der Waals surface area (Å²) in [6.07, 6.45) is 1.72. The van der Waals surface area contributed by atoms with E-state index >= 15 is 0 Å². The number of nitrogens with zero attached hydrogens (tertiary/aromatic N) is 2. The molecule has 1 heterocycles. The normalized spacial score (nSPS) is 11.1. The topological polar surface area (TPSA) is 83.8 Å². The van der Waals surface area contributed by atoms with Gasteiger partial charge in [0.15, 0.2) is 23.9 Å². The summed E-state index contributed by atoms with van der Waals surface area (Å²) < 4.78 is 24.6. The third kappa shape index (κ3) is 7.79. The van der Waals surface area contributed by atoms with E-state index in [1.165, 1.54) is 5.56 Å². The minimum atomic E-state index is -0.306. The molecule has 210 valence electrons. The summed E-state index contributed by atoms with van der Waals surface area (Å²) in [6.45, 7) is 12.1. The van der Waals surface area contributed by atoms with E-state index in [0.29, 0.717) is 42.7 Å². The van der Waals surface area contributed by atoms with Crippen molar-refractivity contribution >= 4 is 11.6 Å². The number of hydrogen-bond acceptors (Lipinski definition) is 6. The number of carbonyl (C=O) groups excluding carboxylic acids is 1. The Balaban J connectivity index is 1.27. The lowest BCUT2D eigenvalue weighted by Gasteiger charge is -2.19. The van der Waals surface area contributed by atoms with Gasteiger partial charge in [-0.05, 0) is 85.0 Å². The van der Waals surface area contributed by atoms with Gasteiger partial charge in [-0.3, -0.25) is 4.79 Å². The molecule has 0 unspecified atom stereocenters. The van der Waals surface area contributed by atoms with Gasteiger partial charge in [0.05, 0.1) is 13.2 Å². The second-order valence-corrected chi connectivity index (χ2v) is 10.2. The molecule has 0 radical (unpaired) electrons. The van der Waals surface area contributed by atoms with Crippen LogP contribution in [-0.4, -0.2) is 28.9 Å². The Labute approximate surface area is 235 Å². The molecule has 0 aliphatic carbocycles. The van der Waals surface area contributed by atoms with Crippen molar-refractivity contribution in [2.75, 3.05) is 18.5 Å². The summed E-state index contributed by atoms with van der Waals surface area (Å²) >= 11 is 0. The lowest BCUT2D eigenvalue weighted by Crippen LogP contribution is -2.14. The second kappa shape index (κ2) is 13.1. The standard InChI is InChI=1S/C32H37N3O5/c1-6-37-29-17-8-23(20-30(29)38-7-2)21-39-26-15-11-25(12-16-26)33-31(36)28-18-19-35(34-28)22-40-27-13-9-24(10-14-27)32(3,4)5/h8-20H,6-7,21-22H2,1-5H3,(H,33,36). The number of amides is 1. The number of carbonyl (C=O) groups is 1. The van der Waals surface area contributed by atoms with Crippen molar-refractivity contribution in [3.8, 4) is 23.0 Å². The SMILES string of the molecule is CCOc1ccc(COc2ccc(NC(=O)c3ccn(COc4ccc(C(C)(C)C)cc4)n3)cc2)cc1OCC. The van der Waals surface area contributed by atoms with Crippen LogP contribution in [0.3, 0.4) is 0 Å². The smallest absolute Gasteiger partial charge is 0.276 e. The highest BCUT2D eigenvalue weighted by Gasteiger charge is 2.14. The van der Waals surface area contributed by atoms with Crippen LogP contribution in [0.2, 0.25) is 0 Å². The van der Waals surface area contributed by atoms with Gasteiger partial charge < -0.3 is 24.3 Å². The Bertz CT molecular complexity index is 1390. The van der Waals surface area contributed by atoms with E-state index < -0.39 is 0 Å². The first-order valence-electron chi connectivity index (χ1n) is 13.4. The molecule has 3 aromatic carbocycles. The number of nitrogens with one attached hydrogen (secondary N) is 1. The molecule has 0 bridgehead atoms. The molecule has 8 heteroatoms. The van der Waals surface area contributed by atoms with Gasteiger partial charge >= 0.3 is 0 Å². The van der Waals surface area contributed by atoms with Crippen LogP contribution >= 0.6 is 0 Å². The molecule has 40 heavy (non-hydrogen) atoms. The molecule has 0 saturated heterocycles. The molecular formula is C32H37N3O5. The molecule has 1 N–H and O–H groups in total. The molecule has 0 saturated carbocycles. The maximum absolute atomic E-state index is 12.7. The summed E-state index contributed by atoms with van der Waals surface area (Å²) in [5.74, 6) is 2.54. The highest BCUT2D eigenvalue weighted by atomic mass is 16.5. The van der Waals surface area contributed by atoms with Crippen molar-refractivity contribution in [1.29, 1.82) is 0 Å². The second-order valence-electron chi connectivity index (χ2n) is 10.2. The molecule has 4 rings (SSSR count). The molecular weight excluding hydrogens is 506 g/mol. The number of aromatic nitrogens is 2. The van der Waals surface area contributed by atoms with E-state index in [2.05, 4.69) is 43.3 Å². The molecule has 0 spiro atoms. The predicted octanol–water partition coefficient (Wildman–Crippen LogP) is 6.85. The molecule has 4 aromatic rings. The summed E-state index contributed by atoms with van der Waals surface area (Å²) in [5, 5.41) is 7.20. The lowest BCUT2D eigenvalue weighted by molar-refractivity contribution is 0.102. The zero-order valence-electron chi connectivity index (χ0n) is 23.8. The maximum Gasteiger partial charge on any atom is 0.276 e. The zero-order valence-corrected chi connectivity index (χ0v) is 23.8. The quantitative estimate of drug-likeness (QED) is 0.210. The molecule has 0 fully saturated rings. The fourth-order valence-electron chi connectivity index (χ4n) is 3.93. The lowest BCUT2D eigenvalue weighted by atomic mass is 9.87. The Morgan fingerprint density at radius 1 is 0.800 bits per heavy atom. The fraction of sp³-hybridized carbons (Fsp3) is 0.312. The Hall–Kier alpha value is -4.46. The van der Waals surface area contributed by atoms with Crippen molar-refractivity contribution < 1.29 is 23.7 Å². The van der Waals surface area contributed by atoms with Crippen molar-refractivity contribution in [3.63, 3.8) is 0 Å². The molecule has 0 aliphatic rings. The highest BCUT2D eigenvalue weighted by Crippen LogP contribution is 2.29. The van der Waals surface area contributed by atoms with Gasteiger partial charge in [0.1, 0.15) is 18.1 Å². The molecule has 8 nitrogen and oxygen atoms in total. The summed E-state index contributed by atoms with van der Waals surface area (Å²) in [6, 6.07) is 22.6. The van der Waals surface area contributed by atoms with Crippen molar-refractivity contribution in [2.24, 2.45) is 0 Å². The third-order valence-electron chi connectivity index (χ3n) is 6.08. The molecule has 0 atom stereocenters. The number of hydrogen-bond donors (Lipinski definition) is 1. The zero-order chi connectivity index (χ0) is 28.5. The van der Waals surface area contributed by atoms with Gasteiger partial charge in [0.2, 0.25) is 0 Å². The summed E-state index contributed by atoms with van der Waals surface area (Å²) in [4.78, 5) is 12.7. The van der Waals surface area contributed by atoms with Crippen molar-refractivity contribution in [2.45, 2.75) is 53.4 Å². The number of ether oxygens (including phenoxy) is 4. The monoisotopic (exact) mass is 543 g/mol. The van der Waals surface area contributed by atoms with Crippen LogP contribution in [0.4, 0.5) is 5.69 Å². The first kappa shape index (κ1) is 28.5. The van der Waals surface area contributed by atoms with Crippen LogP contribution in [0.25, 0.3) is 0 Å². The van der Waals surface area contributed by atoms with E-state index in [1.54, 1.807) is 29.1 Å². The Kier molecular flexibility index (Phi) is 9.32. The first-order chi connectivity index (χ1) is 19.2. The van der Waals surface area contributed by atoms with Gasteiger partial charge in [-0.1, -0.05) is 39.0 Å². The average Bonchev–Trinajstić information content (AvgIpc) is 3.42. The van der Waals surface area contributed by atoms with E-state index in [4.69, 9.17) is 18.9 Å². The van der Waals surface area contributed by atoms with E-state index in [0.717, 1.165) is 17.1 Å². The van der Waals surface area contributed by atoms with Crippen LogP contribution in [0.15, 0.2) is 79.0 Å². The fourth-order valence-corrected chi connectivity index (χ4v) is 3.93.